The van der Waals surface area contributed by atoms with Crippen LogP contribution in [0.3, 0.4) is 0 Å². The normalized spacial score (nSPS) is 11.7. The van der Waals surface area contributed by atoms with Crippen LogP contribution in [0, 0.1) is 6.92 Å². The standard InChI is InChI=1S/C19H16BrClN2O2S/c1-11-17(12-4-7-14(21)8-5-12)23(2)19(26-11)22-18(24)13-6-9-16(25-3)15(20)10-13/h4-10H,1-3H3. The van der Waals surface area contributed by atoms with Gasteiger partial charge in [0.25, 0.3) is 5.91 Å². The van der Waals surface area contributed by atoms with Gasteiger partial charge in [0, 0.05) is 22.5 Å². The highest BCUT2D eigenvalue weighted by Gasteiger charge is 2.13. The van der Waals surface area contributed by atoms with Crippen molar-refractivity contribution in [3.63, 3.8) is 0 Å². The Morgan fingerprint density at radius 1 is 1.23 bits per heavy atom. The second-order valence-corrected chi connectivity index (χ2v) is 8.09. The van der Waals surface area contributed by atoms with Crippen LogP contribution in [-0.2, 0) is 7.05 Å². The van der Waals surface area contributed by atoms with Crippen LogP contribution < -0.4 is 9.54 Å². The number of amides is 1. The number of ether oxygens (including phenoxy) is 1. The zero-order chi connectivity index (χ0) is 18.8. The minimum absolute atomic E-state index is 0.298. The number of methoxy groups -OCH3 is 1. The highest BCUT2D eigenvalue weighted by Crippen LogP contribution is 2.27. The van der Waals surface area contributed by atoms with E-state index in [1.807, 2.05) is 42.8 Å². The van der Waals surface area contributed by atoms with Crippen LogP contribution in [0.25, 0.3) is 11.3 Å². The van der Waals surface area contributed by atoms with E-state index in [-0.39, 0.29) is 5.91 Å². The SMILES string of the molecule is COc1ccc(C(=O)N=c2sc(C)c(-c3ccc(Cl)cc3)n2C)cc1Br. The van der Waals surface area contributed by atoms with E-state index in [1.165, 1.54) is 11.3 Å². The minimum Gasteiger partial charge on any atom is -0.496 e. The van der Waals surface area contributed by atoms with Crippen molar-refractivity contribution in [3.8, 4) is 17.0 Å². The number of halogens is 2. The lowest BCUT2D eigenvalue weighted by Gasteiger charge is -2.05. The van der Waals surface area contributed by atoms with Crippen molar-refractivity contribution in [3.05, 3.63) is 67.2 Å². The highest BCUT2D eigenvalue weighted by atomic mass is 79.9. The molecule has 0 N–H and O–H groups in total. The predicted octanol–water partition coefficient (Wildman–Crippen LogP) is 5.23. The zero-order valence-electron chi connectivity index (χ0n) is 14.4. The number of carbonyl (C=O) groups excluding carboxylic acids is 1. The second kappa shape index (κ2) is 7.78. The fraction of sp³-hybridized carbons (Fsp3) is 0.158. The van der Waals surface area contributed by atoms with Crippen LogP contribution in [0.4, 0.5) is 0 Å². The summed E-state index contributed by atoms with van der Waals surface area (Å²) in [6.07, 6.45) is 0. The van der Waals surface area contributed by atoms with Crippen molar-refractivity contribution in [2.45, 2.75) is 6.92 Å². The van der Waals surface area contributed by atoms with Crippen LogP contribution in [-0.4, -0.2) is 17.6 Å². The number of hydrogen-bond donors (Lipinski definition) is 0. The first-order chi connectivity index (χ1) is 12.4. The van der Waals surface area contributed by atoms with Crippen molar-refractivity contribution in [1.82, 2.24) is 4.57 Å². The van der Waals surface area contributed by atoms with Gasteiger partial charge in [-0.2, -0.15) is 4.99 Å². The number of nitrogens with zero attached hydrogens (tertiary/aromatic N) is 2. The molecular formula is C19H16BrClN2O2S. The third-order valence-electron chi connectivity index (χ3n) is 3.91. The molecule has 1 amide bonds. The van der Waals surface area contributed by atoms with Crippen LogP contribution in [0.1, 0.15) is 15.2 Å². The number of carbonyl (C=O) groups is 1. The smallest absolute Gasteiger partial charge is 0.279 e. The van der Waals surface area contributed by atoms with E-state index in [4.69, 9.17) is 16.3 Å². The number of hydrogen-bond acceptors (Lipinski definition) is 3. The molecule has 0 aliphatic carbocycles. The van der Waals surface area contributed by atoms with Gasteiger partial charge in [-0.05, 0) is 58.7 Å². The molecule has 134 valence electrons. The van der Waals surface area contributed by atoms with E-state index in [0.29, 0.717) is 21.1 Å². The summed E-state index contributed by atoms with van der Waals surface area (Å²) in [5, 5.41) is 0.689. The Kier molecular flexibility index (Phi) is 5.65. The Hall–Kier alpha value is -1.89. The Balaban J connectivity index is 2.02. The summed E-state index contributed by atoms with van der Waals surface area (Å²) in [4.78, 5) is 18.6. The van der Waals surface area contributed by atoms with E-state index in [1.54, 1.807) is 25.3 Å². The maximum atomic E-state index is 12.6. The van der Waals surface area contributed by atoms with Gasteiger partial charge in [0.2, 0.25) is 0 Å². The van der Waals surface area contributed by atoms with Crippen LogP contribution in [0.15, 0.2) is 51.9 Å². The first-order valence-corrected chi connectivity index (χ1v) is 9.74. The van der Waals surface area contributed by atoms with Crippen molar-refractivity contribution in [2.24, 2.45) is 12.0 Å². The summed E-state index contributed by atoms with van der Waals surface area (Å²) in [6, 6.07) is 12.8. The number of thiazole rings is 1. The zero-order valence-corrected chi connectivity index (χ0v) is 17.6. The fourth-order valence-electron chi connectivity index (χ4n) is 2.64. The van der Waals surface area contributed by atoms with Crippen LogP contribution in [0.5, 0.6) is 5.75 Å². The molecule has 0 radical (unpaired) electrons. The monoisotopic (exact) mass is 450 g/mol. The average Bonchev–Trinajstić information content (AvgIpc) is 2.89. The number of aromatic nitrogens is 1. The molecule has 4 nitrogen and oxygen atoms in total. The van der Waals surface area contributed by atoms with Crippen molar-refractivity contribution in [2.75, 3.05) is 7.11 Å². The summed E-state index contributed by atoms with van der Waals surface area (Å²) in [6.45, 7) is 2.02. The summed E-state index contributed by atoms with van der Waals surface area (Å²) in [5.74, 6) is 0.372. The van der Waals surface area contributed by atoms with E-state index in [0.717, 1.165) is 20.6 Å². The molecule has 0 atom stereocenters. The minimum atomic E-state index is -0.298. The second-order valence-electron chi connectivity index (χ2n) is 5.62. The van der Waals surface area contributed by atoms with Gasteiger partial charge >= 0.3 is 0 Å². The first kappa shape index (κ1) is 18.9. The molecule has 2 aromatic carbocycles. The molecule has 0 aliphatic rings. The number of benzene rings is 2. The summed E-state index contributed by atoms with van der Waals surface area (Å²) in [5.41, 5.74) is 2.55. The lowest BCUT2D eigenvalue weighted by Crippen LogP contribution is -2.14. The Morgan fingerprint density at radius 2 is 1.92 bits per heavy atom. The summed E-state index contributed by atoms with van der Waals surface area (Å²) in [7, 11) is 3.49. The molecule has 0 bridgehead atoms. The Bertz CT molecular complexity index is 1040. The molecule has 1 heterocycles. The number of aryl methyl sites for hydroxylation is 1. The number of rotatable bonds is 3. The van der Waals surface area contributed by atoms with E-state index in [2.05, 4.69) is 20.9 Å². The third kappa shape index (κ3) is 3.77. The van der Waals surface area contributed by atoms with Gasteiger partial charge in [0.05, 0.1) is 17.3 Å². The molecule has 0 aliphatic heterocycles. The first-order valence-electron chi connectivity index (χ1n) is 7.75. The van der Waals surface area contributed by atoms with Crippen molar-refractivity contribution >= 4 is 44.8 Å². The van der Waals surface area contributed by atoms with E-state index >= 15 is 0 Å². The van der Waals surface area contributed by atoms with Crippen molar-refractivity contribution < 1.29 is 9.53 Å². The molecule has 0 spiro atoms. The quantitative estimate of drug-likeness (QED) is 0.547. The highest BCUT2D eigenvalue weighted by molar-refractivity contribution is 9.10. The maximum Gasteiger partial charge on any atom is 0.279 e. The average molecular weight is 452 g/mol. The van der Waals surface area contributed by atoms with Crippen LogP contribution >= 0.6 is 38.9 Å². The topological polar surface area (TPSA) is 43.6 Å². The Labute approximate surface area is 168 Å². The lowest BCUT2D eigenvalue weighted by atomic mass is 10.1. The molecule has 0 saturated carbocycles. The molecule has 3 rings (SSSR count). The van der Waals surface area contributed by atoms with Gasteiger partial charge in [-0.25, -0.2) is 0 Å². The summed E-state index contributed by atoms with van der Waals surface area (Å²) >= 11 is 10.9. The van der Waals surface area contributed by atoms with Crippen LogP contribution in [0.2, 0.25) is 5.02 Å². The maximum absolute atomic E-state index is 12.6. The van der Waals surface area contributed by atoms with Gasteiger partial charge in [0.1, 0.15) is 5.75 Å². The molecule has 26 heavy (non-hydrogen) atoms. The molecule has 7 heteroatoms. The van der Waals surface area contributed by atoms with Gasteiger partial charge in [-0.15, -0.1) is 11.3 Å². The van der Waals surface area contributed by atoms with Gasteiger partial charge in [0.15, 0.2) is 4.80 Å². The molecule has 0 fully saturated rings. The fourth-order valence-corrected chi connectivity index (χ4v) is 4.29. The van der Waals surface area contributed by atoms with Gasteiger partial charge < -0.3 is 9.30 Å². The molecule has 0 unspecified atom stereocenters. The third-order valence-corrected chi connectivity index (χ3v) is 5.83. The van der Waals surface area contributed by atoms with Gasteiger partial charge in [-0.1, -0.05) is 23.7 Å². The molecular weight excluding hydrogens is 436 g/mol. The van der Waals surface area contributed by atoms with Crippen molar-refractivity contribution in [1.29, 1.82) is 0 Å². The van der Waals surface area contributed by atoms with Gasteiger partial charge in [-0.3, -0.25) is 4.79 Å². The largest absolute Gasteiger partial charge is 0.496 e. The Morgan fingerprint density at radius 3 is 2.54 bits per heavy atom. The predicted molar refractivity (Wildman–Crippen MR) is 109 cm³/mol. The lowest BCUT2D eigenvalue weighted by molar-refractivity contribution is 0.0998. The summed E-state index contributed by atoms with van der Waals surface area (Å²) < 4.78 is 7.84. The van der Waals surface area contributed by atoms with E-state index in [9.17, 15) is 4.79 Å². The van der Waals surface area contributed by atoms with E-state index < -0.39 is 0 Å². The molecule has 0 saturated heterocycles. The molecule has 1 aromatic heterocycles. The molecule has 3 aromatic rings.